The van der Waals surface area contributed by atoms with E-state index in [1.807, 2.05) is 0 Å². The molecule has 2 fully saturated rings. The number of ether oxygens (including phenoxy) is 7. The Labute approximate surface area is 267 Å². The third-order valence-electron chi connectivity index (χ3n) is 7.86. The quantitative estimate of drug-likeness (QED) is 0.124. The summed E-state index contributed by atoms with van der Waals surface area (Å²) in [4.78, 5) is 25.4. The van der Waals surface area contributed by atoms with E-state index in [9.17, 15) is 40.2 Å². The van der Waals surface area contributed by atoms with E-state index in [1.165, 1.54) is 33.3 Å². The van der Waals surface area contributed by atoms with Gasteiger partial charge in [-0.15, -0.1) is 0 Å². The average Bonchev–Trinajstić information content (AvgIpc) is 3.05. The normalized spacial score (nSPS) is 30.9. The molecule has 0 amide bonds. The predicted octanol–water partition coefficient (Wildman–Crippen LogP) is -0.567. The van der Waals surface area contributed by atoms with Crippen molar-refractivity contribution in [2.75, 3.05) is 20.8 Å². The fourth-order valence-corrected chi connectivity index (χ4v) is 5.28. The van der Waals surface area contributed by atoms with Crippen molar-refractivity contribution in [3.63, 3.8) is 0 Å². The highest BCUT2D eigenvalue weighted by Crippen LogP contribution is 2.44. The Hall–Kier alpha value is -3.84. The van der Waals surface area contributed by atoms with Crippen LogP contribution in [-0.2, 0) is 19.0 Å². The minimum Gasteiger partial charge on any atom is -0.497 e. The van der Waals surface area contributed by atoms with Gasteiger partial charge in [-0.2, -0.15) is 0 Å². The highest BCUT2D eigenvalue weighted by atomic mass is 16.7. The van der Waals surface area contributed by atoms with Crippen molar-refractivity contribution >= 4 is 16.9 Å². The minimum atomic E-state index is -1.84. The van der Waals surface area contributed by atoms with E-state index >= 15 is 0 Å². The monoisotopic (exact) mass is 664 g/mol. The first kappa shape index (κ1) is 34.5. The first-order chi connectivity index (χ1) is 22.3. The van der Waals surface area contributed by atoms with Crippen LogP contribution >= 0.6 is 0 Å². The number of hydrogen-bond acceptors (Lipinski definition) is 16. The molecule has 10 atom stereocenters. The number of esters is 1. The van der Waals surface area contributed by atoms with Gasteiger partial charge >= 0.3 is 5.97 Å². The lowest BCUT2D eigenvalue weighted by Crippen LogP contribution is -2.61. The lowest BCUT2D eigenvalue weighted by Gasteiger charge is -2.42. The molecule has 16 nitrogen and oxygen atoms in total. The molecule has 3 heterocycles. The van der Waals surface area contributed by atoms with Crippen LogP contribution in [-0.4, -0.2) is 119 Å². The SMILES string of the molecule is COc1ccc(-c2cc(=O)c3c(OC(C)=O)c(OC)c(O[C@H]4O[C@H](CO[C@H]5O[C@H](C)[C@H](O)[C@@H](O)[C@@H]5O)[C@@H](O)[C@H](O)[C@H]4O)cc3o2)cc1. The molecule has 0 aliphatic carbocycles. The zero-order chi connectivity index (χ0) is 34.2. The molecular weight excluding hydrogens is 628 g/mol. The number of rotatable bonds is 9. The average molecular weight is 665 g/mol. The molecule has 47 heavy (non-hydrogen) atoms. The number of fused-ring (bicyclic) bond motifs is 1. The first-order valence-corrected chi connectivity index (χ1v) is 14.5. The maximum absolute atomic E-state index is 13.4. The van der Waals surface area contributed by atoms with E-state index in [0.29, 0.717) is 11.3 Å². The summed E-state index contributed by atoms with van der Waals surface area (Å²) in [6, 6.07) is 9.12. The molecule has 0 radical (unpaired) electrons. The number of benzene rings is 2. The summed E-state index contributed by atoms with van der Waals surface area (Å²) in [5.41, 5.74) is -0.159. The van der Waals surface area contributed by atoms with E-state index in [2.05, 4.69) is 0 Å². The van der Waals surface area contributed by atoms with Gasteiger partial charge in [0.2, 0.25) is 12.0 Å². The van der Waals surface area contributed by atoms with Gasteiger partial charge in [-0.25, -0.2) is 0 Å². The molecule has 1 aromatic heterocycles. The van der Waals surface area contributed by atoms with Gasteiger partial charge in [0.25, 0.3) is 0 Å². The van der Waals surface area contributed by atoms with Gasteiger partial charge in [0.05, 0.1) is 26.9 Å². The molecule has 5 rings (SSSR count). The molecule has 3 aromatic rings. The highest BCUT2D eigenvalue weighted by Gasteiger charge is 2.47. The lowest BCUT2D eigenvalue weighted by atomic mass is 9.98. The minimum absolute atomic E-state index is 0.0977. The second-order valence-electron chi connectivity index (χ2n) is 11.1. The number of carbonyl (C=O) groups is 1. The van der Waals surface area contributed by atoms with Gasteiger partial charge in [-0.1, -0.05) is 0 Å². The maximum atomic E-state index is 13.4. The van der Waals surface area contributed by atoms with Crippen molar-refractivity contribution in [3.05, 3.63) is 46.6 Å². The number of methoxy groups -OCH3 is 2. The fourth-order valence-electron chi connectivity index (χ4n) is 5.28. The summed E-state index contributed by atoms with van der Waals surface area (Å²) in [6.45, 7) is 2.03. The van der Waals surface area contributed by atoms with Crippen LogP contribution in [0, 0.1) is 0 Å². The zero-order valence-corrected chi connectivity index (χ0v) is 25.7. The predicted molar refractivity (Wildman–Crippen MR) is 158 cm³/mol. The third-order valence-corrected chi connectivity index (χ3v) is 7.86. The molecule has 2 aliphatic rings. The van der Waals surface area contributed by atoms with Crippen molar-refractivity contribution in [2.45, 2.75) is 75.3 Å². The maximum Gasteiger partial charge on any atom is 0.308 e. The molecular formula is C31H36O16. The summed E-state index contributed by atoms with van der Waals surface area (Å²) < 4.78 is 44.5. The molecule has 256 valence electrons. The van der Waals surface area contributed by atoms with Gasteiger partial charge in [0.15, 0.2) is 23.2 Å². The lowest BCUT2D eigenvalue weighted by molar-refractivity contribution is -0.318. The van der Waals surface area contributed by atoms with E-state index in [1.54, 1.807) is 24.3 Å². The molecule has 0 saturated carbocycles. The molecule has 6 N–H and O–H groups in total. The Morgan fingerprint density at radius 2 is 1.47 bits per heavy atom. The summed E-state index contributed by atoms with van der Waals surface area (Å²) in [5, 5.41) is 62.1. The van der Waals surface area contributed by atoms with Crippen LogP contribution in [0.5, 0.6) is 23.0 Å². The van der Waals surface area contributed by atoms with Gasteiger partial charge < -0.3 is 68.2 Å². The number of carbonyl (C=O) groups excluding carboxylic acids is 1. The van der Waals surface area contributed by atoms with Crippen LogP contribution in [0.15, 0.2) is 45.6 Å². The summed E-state index contributed by atoms with van der Waals surface area (Å²) in [6.07, 6.45) is -15.4. The summed E-state index contributed by atoms with van der Waals surface area (Å²) in [7, 11) is 2.72. The van der Waals surface area contributed by atoms with Crippen LogP contribution < -0.4 is 24.4 Å². The Balaban J connectivity index is 1.47. The summed E-state index contributed by atoms with van der Waals surface area (Å²) >= 11 is 0. The Bertz CT molecular complexity index is 1620. The Morgan fingerprint density at radius 3 is 2.11 bits per heavy atom. The highest BCUT2D eigenvalue weighted by molar-refractivity contribution is 5.92. The van der Waals surface area contributed by atoms with Gasteiger partial charge in [0.1, 0.15) is 65.2 Å². The van der Waals surface area contributed by atoms with Crippen LogP contribution in [0.1, 0.15) is 13.8 Å². The van der Waals surface area contributed by atoms with Gasteiger partial charge in [-0.3, -0.25) is 9.59 Å². The summed E-state index contributed by atoms with van der Waals surface area (Å²) in [5.74, 6) is -0.906. The van der Waals surface area contributed by atoms with Crippen molar-refractivity contribution in [3.8, 4) is 34.3 Å². The van der Waals surface area contributed by atoms with Crippen LogP contribution in [0.25, 0.3) is 22.3 Å². The topological polar surface area (TPSA) is 233 Å². The Morgan fingerprint density at radius 1 is 0.809 bits per heavy atom. The smallest absolute Gasteiger partial charge is 0.308 e. The van der Waals surface area contributed by atoms with E-state index in [-0.39, 0.29) is 34.0 Å². The second kappa shape index (κ2) is 14.1. The standard InChI is InChI=1S/C31H36O16/c1-12-22(34)24(36)26(38)30(43-12)42-11-20-23(35)25(37)27(39)31(47-20)46-19-10-18-21(29(28(19)41-4)44-13(2)32)16(33)9-17(45-18)14-5-7-15(40-3)8-6-14/h5-10,12,20,22-27,30-31,34-39H,11H2,1-4H3/t12-,20-,22+,23-,24-,25+,26+,27-,30+,31+/m1/s1. The molecule has 2 aliphatic heterocycles. The van der Waals surface area contributed by atoms with Crippen LogP contribution in [0.4, 0.5) is 0 Å². The van der Waals surface area contributed by atoms with Crippen molar-refractivity contribution in [2.24, 2.45) is 0 Å². The van der Waals surface area contributed by atoms with Gasteiger partial charge in [0, 0.05) is 24.6 Å². The fraction of sp³-hybridized carbons (Fsp3) is 0.484. The molecule has 0 unspecified atom stereocenters. The van der Waals surface area contributed by atoms with E-state index in [4.69, 9.17) is 37.6 Å². The number of aliphatic hydroxyl groups is 6. The van der Waals surface area contributed by atoms with E-state index in [0.717, 1.165) is 6.92 Å². The number of hydrogen-bond donors (Lipinski definition) is 6. The third kappa shape index (κ3) is 6.92. The molecule has 2 aromatic carbocycles. The van der Waals surface area contributed by atoms with Crippen molar-refractivity contribution in [1.82, 2.24) is 0 Å². The number of aliphatic hydroxyl groups excluding tert-OH is 6. The molecule has 0 spiro atoms. The Kier molecular flexibility index (Phi) is 10.4. The largest absolute Gasteiger partial charge is 0.497 e. The van der Waals surface area contributed by atoms with Crippen molar-refractivity contribution in [1.29, 1.82) is 0 Å². The van der Waals surface area contributed by atoms with Crippen molar-refractivity contribution < 1.29 is 73.0 Å². The molecule has 16 heteroatoms. The van der Waals surface area contributed by atoms with E-state index < -0.39 is 79.4 Å². The van der Waals surface area contributed by atoms with Crippen LogP contribution in [0.3, 0.4) is 0 Å². The molecule has 2 saturated heterocycles. The second-order valence-corrected chi connectivity index (χ2v) is 11.1. The first-order valence-electron chi connectivity index (χ1n) is 14.5. The van der Waals surface area contributed by atoms with Gasteiger partial charge in [-0.05, 0) is 31.2 Å². The van der Waals surface area contributed by atoms with Crippen LogP contribution in [0.2, 0.25) is 0 Å². The zero-order valence-electron chi connectivity index (χ0n) is 25.7. The molecule has 0 bridgehead atoms.